The molecular weight excluding hydrogens is 124 g/mol. The highest BCUT2D eigenvalue weighted by Gasteiger charge is 1.94. The minimum absolute atomic E-state index is 1.03. The average molecular weight is 139 g/mol. The molecule has 1 rings (SSSR count). The lowest BCUT2D eigenvalue weighted by Gasteiger charge is -1.86. The Morgan fingerprint density at radius 1 is 1.40 bits per heavy atom. The van der Waals surface area contributed by atoms with Crippen LogP contribution in [0.2, 0.25) is 0 Å². The van der Waals surface area contributed by atoms with Crippen LogP contribution in [0.25, 0.3) is 0 Å². The molecule has 0 aliphatic heterocycles. The molecule has 2 heteroatoms. The zero-order valence-electron chi connectivity index (χ0n) is 7.13. The molecule has 0 bridgehead atoms. The van der Waals surface area contributed by atoms with E-state index in [0.717, 1.165) is 5.82 Å². The second-order valence-electron chi connectivity index (χ2n) is 1.78. The summed E-state index contributed by atoms with van der Waals surface area (Å²) in [4.78, 5) is 4.04. The maximum Gasteiger partial charge on any atom is 0.294 e. The van der Waals surface area contributed by atoms with Crippen molar-refractivity contribution < 1.29 is 4.57 Å². The van der Waals surface area contributed by atoms with Gasteiger partial charge in [0, 0.05) is 13.0 Å². The zero-order chi connectivity index (χ0) is 7.98. The van der Waals surface area contributed by atoms with Crippen LogP contribution >= 0.6 is 0 Å². The van der Waals surface area contributed by atoms with Crippen molar-refractivity contribution in [3.63, 3.8) is 0 Å². The Labute approximate surface area is 62.5 Å². The van der Waals surface area contributed by atoms with Crippen LogP contribution in [0.4, 0.5) is 0 Å². The van der Waals surface area contributed by atoms with E-state index in [4.69, 9.17) is 0 Å². The van der Waals surface area contributed by atoms with E-state index in [2.05, 4.69) is 4.98 Å². The van der Waals surface area contributed by atoms with E-state index in [-0.39, 0.29) is 0 Å². The second kappa shape index (κ2) is 4.91. The van der Waals surface area contributed by atoms with Crippen molar-refractivity contribution in [2.75, 3.05) is 0 Å². The fourth-order valence-corrected chi connectivity index (χ4v) is 0.517. The van der Waals surface area contributed by atoms with Crippen molar-refractivity contribution in [3.8, 4) is 0 Å². The Morgan fingerprint density at radius 3 is 2.30 bits per heavy atom. The van der Waals surface area contributed by atoms with Gasteiger partial charge >= 0.3 is 0 Å². The summed E-state index contributed by atoms with van der Waals surface area (Å²) >= 11 is 0. The molecule has 0 fully saturated rings. The molecule has 0 aliphatic carbocycles. The van der Waals surface area contributed by atoms with Crippen LogP contribution in [0.3, 0.4) is 0 Å². The summed E-state index contributed by atoms with van der Waals surface area (Å²) in [5.74, 6) is 1.03. The highest BCUT2D eigenvalue weighted by atomic mass is 15.0. The molecule has 0 unspecified atom stereocenters. The summed E-state index contributed by atoms with van der Waals surface area (Å²) < 4.78 is 1.97. The van der Waals surface area contributed by atoms with Crippen molar-refractivity contribution in [3.05, 3.63) is 24.3 Å². The Bertz CT molecular complexity index is 163. The van der Waals surface area contributed by atoms with Crippen LogP contribution in [0.5, 0.6) is 0 Å². The number of aryl methyl sites for hydroxylation is 2. The third-order valence-electron chi connectivity index (χ3n) is 1.17. The van der Waals surface area contributed by atoms with Crippen LogP contribution in [-0.4, -0.2) is 4.98 Å². The summed E-state index contributed by atoms with van der Waals surface area (Å²) in [5, 5.41) is 0. The second-order valence-corrected chi connectivity index (χ2v) is 1.78. The standard InChI is InChI=1S/C6H9N2.C2H6/c1-6-7-4-3-5-8(6)2;1-2/h3-5H,1-2H3;1-2H3/q+1;. The van der Waals surface area contributed by atoms with E-state index in [9.17, 15) is 0 Å². The summed E-state index contributed by atoms with van der Waals surface area (Å²) in [6, 6.07) is 1.91. The normalized spacial score (nSPS) is 8.00. The quantitative estimate of drug-likeness (QED) is 0.494. The molecule has 2 nitrogen and oxygen atoms in total. The topological polar surface area (TPSA) is 16.8 Å². The third-order valence-corrected chi connectivity index (χ3v) is 1.17. The highest BCUT2D eigenvalue weighted by Crippen LogP contribution is 1.75. The molecule has 0 aliphatic rings. The first-order valence-corrected chi connectivity index (χ1v) is 3.58. The number of hydrogen-bond acceptors (Lipinski definition) is 1. The Kier molecular flexibility index (Phi) is 4.46. The molecule has 1 heterocycles. The van der Waals surface area contributed by atoms with Gasteiger partial charge in [0.05, 0.1) is 13.2 Å². The molecular formula is C8H15N2+. The van der Waals surface area contributed by atoms with Crippen molar-refractivity contribution >= 4 is 0 Å². The molecule has 1 aromatic heterocycles. The van der Waals surface area contributed by atoms with Crippen molar-refractivity contribution in [2.24, 2.45) is 7.05 Å². The van der Waals surface area contributed by atoms with Crippen LogP contribution < -0.4 is 4.57 Å². The number of rotatable bonds is 0. The lowest BCUT2D eigenvalue weighted by atomic mass is 10.6. The van der Waals surface area contributed by atoms with Gasteiger partial charge in [0.25, 0.3) is 5.82 Å². The van der Waals surface area contributed by atoms with Gasteiger partial charge in [0.2, 0.25) is 0 Å². The van der Waals surface area contributed by atoms with E-state index >= 15 is 0 Å². The maximum atomic E-state index is 4.04. The lowest BCUT2D eigenvalue weighted by Crippen LogP contribution is -2.31. The van der Waals surface area contributed by atoms with Gasteiger partial charge < -0.3 is 0 Å². The van der Waals surface area contributed by atoms with E-state index < -0.39 is 0 Å². The first-order chi connectivity index (χ1) is 4.80. The minimum atomic E-state index is 1.03. The Hall–Kier alpha value is -0.920. The summed E-state index contributed by atoms with van der Waals surface area (Å²) in [7, 11) is 1.97. The van der Waals surface area contributed by atoms with Crippen LogP contribution in [0.1, 0.15) is 19.7 Å². The van der Waals surface area contributed by atoms with E-state index in [1.54, 1.807) is 6.20 Å². The summed E-state index contributed by atoms with van der Waals surface area (Å²) in [6.07, 6.45) is 3.76. The van der Waals surface area contributed by atoms with Gasteiger partial charge in [-0.1, -0.05) is 18.8 Å². The zero-order valence-corrected chi connectivity index (χ0v) is 7.13. The molecule has 0 saturated heterocycles. The van der Waals surface area contributed by atoms with Crippen LogP contribution in [-0.2, 0) is 7.05 Å². The number of hydrogen-bond donors (Lipinski definition) is 0. The minimum Gasteiger partial charge on any atom is -0.238 e. The largest absolute Gasteiger partial charge is 0.294 e. The first-order valence-electron chi connectivity index (χ1n) is 3.58. The predicted octanol–water partition coefficient (Wildman–Crippen LogP) is 1.24. The average Bonchev–Trinajstić information content (AvgIpc) is 2.00. The molecule has 0 aromatic carbocycles. The van der Waals surface area contributed by atoms with Gasteiger partial charge in [-0.05, 0) is 0 Å². The summed E-state index contributed by atoms with van der Waals surface area (Å²) in [5.41, 5.74) is 0. The predicted molar refractivity (Wildman–Crippen MR) is 41.5 cm³/mol. The molecule has 1 aromatic rings. The molecule has 0 N–H and O–H groups in total. The Balaban J connectivity index is 0.000000371. The van der Waals surface area contributed by atoms with Gasteiger partial charge in [-0.3, -0.25) is 0 Å². The highest BCUT2D eigenvalue weighted by molar-refractivity contribution is 4.75. The first kappa shape index (κ1) is 9.08. The Morgan fingerprint density at radius 2 is 2.00 bits per heavy atom. The SMILES string of the molecule is CC.Cc1nccc[n+]1C. The van der Waals surface area contributed by atoms with Gasteiger partial charge in [0.1, 0.15) is 6.20 Å². The fourth-order valence-electron chi connectivity index (χ4n) is 0.517. The van der Waals surface area contributed by atoms with Crippen LogP contribution in [0.15, 0.2) is 18.5 Å². The number of nitrogens with zero attached hydrogens (tertiary/aromatic N) is 2. The van der Waals surface area contributed by atoms with Gasteiger partial charge in [-0.2, -0.15) is 0 Å². The van der Waals surface area contributed by atoms with E-state index in [1.807, 2.05) is 44.6 Å². The lowest BCUT2D eigenvalue weighted by molar-refractivity contribution is -0.681. The van der Waals surface area contributed by atoms with Crippen molar-refractivity contribution in [1.29, 1.82) is 0 Å². The molecule has 0 radical (unpaired) electrons. The molecule has 0 atom stereocenters. The molecule has 0 spiro atoms. The summed E-state index contributed by atoms with van der Waals surface area (Å²) in [6.45, 7) is 5.97. The van der Waals surface area contributed by atoms with Crippen molar-refractivity contribution in [2.45, 2.75) is 20.8 Å². The molecule has 0 saturated carbocycles. The number of aromatic nitrogens is 2. The van der Waals surface area contributed by atoms with E-state index in [0.29, 0.717) is 0 Å². The maximum absolute atomic E-state index is 4.04. The molecule has 0 amide bonds. The van der Waals surface area contributed by atoms with Crippen LogP contribution in [0, 0.1) is 6.92 Å². The van der Waals surface area contributed by atoms with Crippen molar-refractivity contribution in [1.82, 2.24) is 4.98 Å². The van der Waals surface area contributed by atoms with Gasteiger partial charge in [-0.25, -0.2) is 4.57 Å². The van der Waals surface area contributed by atoms with Gasteiger partial charge in [0.15, 0.2) is 0 Å². The van der Waals surface area contributed by atoms with E-state index in [1.165, 1.54) is 0 Å². The third kappa shape index (κ3) is 2.58. The van der Waals surface area contributed by atoms with Gasteiger partial charge in [-0.15, -0.1) is 0 Å². The monoisotopic (exact) mass is 139 g/mol. The molecule has 10 heavy (non-hydrogen) atoms. The smallest absolute Gasteiger partial charge is 0.238 e. The molecule has 56 valence electrons. The fraction of sp³-hybridized carbons (Fsp3) is 0.500.